The molecule has 19 heavy (non-hydrogen) atoms. The Labute approximate surface area is 120 Å². The summed E-state index contributed by atoms with van der Waals surface area (Å²) in [6.07, 6.45) is 1.52. The predicted octanol–water partition coefficient (Wildman–Crippen LogP) is 1.38. The third-order valence-corrected chi connectivity index (χ3v) is 3.80. The highest BCUT2D eigenvalue weighted by atomic mass is 79.9. The van der Waals surface area contributed by atoms with Crippen LogP contribution in [0.1, 0.15) is 23.2 Å². The van der Waals surface area contributed by atoms with Crippen molar-refractivity contribution in [2.45, 2.75) is 18.9 Å². The predicted molar refractivity (Wildman–Crippen MR) is 76.7 cm³/mol. The van der Waals surface area contributed by atoms with Crippen LogP contribution in [-0.4, -0.2) is 36.3 Å². The summed E-state index contributed by atoms with van der Waals surface area (Å²) < 4.78 is 0.792. The molecular formula is C13H16BrN3O2. The van der Waals surface area contributed by atoms with Crippen LogP contribution in [0.4, 0.5) is 5.69 Å². The molecule has 0 bridgehead atoms. The molecule has 102 valence electrons. The number of amides is 2. The maximum atomic E-state index is 12.5. The van der Waals surface area contributed by atoms with Crippen LogP contribution in [0.5, 0.6) is 0 Å². The minimum absolute atomic E-state index is 0.126. The Kier molecular flexibility index (Phi) is 4.09. The number of hydrogen-bond donors (Lipinski definition) is 2. The van der Waals surface area contributed by atoms with Gasteiger partial charge in [-0.2, -0.15) is 0 Å². The fourth-order valence-corrected chi connectivity index (χ4v) is 2.68. The Morgan fingerprint density at radius 1 is 1.47 bits per heavy atom. The van der Waals surface area contributed by atoms with Gasteiger partial charge in [0.15, 0.2) is 0 Å². The lowest BCUT2D eigenvalue weighted by molar-refractivity contribution is -0.124. The molecule has 0 saturated carbocycles. The molecule has 0 aromatic heterocycles. The molecule has 0 spiro atoms. The summed E-state index contributed by atoms with van der Waals surface area (Å²) in [7, 11) is 1.58. The summed E-state index contributed by atoms with van der Waals surface area (Å²) in [5, 5.41) is 2.60. The number of hydrogen-bond acceptors (Lipinski definition) is 3. The molecule has 6 heteroatoms. The van der Waals surface area contributed by atoms with E-state index in [-0.39, 0.29) is 11.8 Å². The van der Waals surface area contributed by atoms with Gasteiger partial charge in [-0.25, -0.2) is 0 Å². The van der Waals surface area contributed by atoms with Crippen LogP contribution in [-0.2, 0) is 4.79 Å². The maximum absolute atomic E-state index is 12.5. The van der Waals surface area contributed by atoms with Gasteiger partial charge in [-0.1, -0.05) is 15.9 Å². The first-order chi connectivity index (χ1) is 9.04. The molecule has 1 aromatic rings. The van der Waals surface area contributed by atoms with Crippen molar-refractivity contribution < 1.29 is 9.59 Å². The van der Waals surface area contributed by atoms with E-state index >= 15 is 0 Å². The van der Waals surface area contributed by atoms with Crippen molar-refractivity contribution in [1.29, 1.82) is 0 Å². The molecule has 1 aliphatic rings. The van der Waals surface area contributed by atoms with Gasteiger partial charge in [0.2, 0.25) is 5.91 Å². The summed E-state index contributed by atoms with van der Waals surface area (Å²) in [6, 6.07) is 4.77. The average molecular weight is 326 g/mol. The number of benzene rings is 1. The van der Waals surface area contributed by atoms with Crippen LogP contribution < -0.4 is 11.1 Å². The van der Waals surface area contributed by atoms with Crippen LogP contribution in [0.3, 0.4) is 0 Å². The lowest BCUT2D eigenvalue weighted by atomic mass is 10.1. The minimum Gasteiger partial charge on any atom is -0.398 e. The quantitative estimate of drug-likeness (QED) is 0.807. The Morgan fingerprint density at radius 2 is 2.21 bits per heavy atom. The molecular weight excluding hydrogens is 310 g/mol. The van der Waals surface area contributed by atoms with Crippen LogP contribution in [0.25, 0.3) is 0 Å². The Bertz CT molecular complexity index is 519. The van der Waals surface area contributed by atoms with Crippen molar-refractivity contribution in [3.8, 4) is 0 Å². The zero-order valence-electron chi connectivity index (χ0n) is 10.6. The molecule has 0 aliphatic carbocycles. The molecule has 1 aromatic carbocycles. The molecule has 1 aliphatic heterocycles. The number of nitrogens with zero attached hydrogens (tertiary/aromatic N) is 1. The van der Waals surface area contributed by atoms with Crippen molar-refractivity contribution in [3.05, 3.63) is 28.2 Å². The van der Waals surface area contributed by atoms with Gasteiger partial charge in [0, 0.05) is 23.8 Å². The number of likely N-dealkylation sites (N-methyl/N-ethyl adjacent to an activating group) is 1. The zero-order valence-corrected chi connectivity index (χ0v) is 12.2. The lowest BCUT2D eigenvalue weighted by Gasteiger charge is -2.24. The molecule has 1 fully saturated rings. The zero-order chi connectivity index (χ0) is 14.0. The first kappa shape index (κ1) is 13.9. The minimum atomic E-state index is -0.393. The van der Waals surface area contributed by atoms with Crippen molar-refractivity contribution in [2.75, 3.05) is 19.3 Å². The fourth-order valence-electron chi connectivity index (χ4n) is 2.32. The van der Waals surface area contributed by atoms with Gasteiger partial charge in [0.1, 0.15) is 6.04 Å². The smallest absolute Gasteiger partial charge is 0.256 e. The van der Waals surface area contributed by atoms with E-state index in [9.17, 15) is 9.59 Å². The highest BCUT2D eigenvalue weighted by Crippen LogP contribution is 2.25. The van der Waals surface area contributed by atoms with Crippen molar-refractivity contribution >= 4 is 33.4 Å². The normalized spacial score (nSPS) is 18.4. The fraction of sp³-hybridized carbons (Fsp3) is 0.385. The number of carbonyl (C=O) groups excluding carboxylic acids is 2. The molecule has 5 nitrogen and oxygen atoms in total. The van der Waals surface area contributed by atoms with Crippen molar-refractivity contribution in [1.82, 2.24) is 10.2 Å². The molecule has 1 unspecified atom stereocenters. The van der Waals surface area contributed by atoms with Gasteiger partial charge >= 0.3 is 0 Å². The second-order valence-electron chi connectivity index (χ2n) is 4.50. The molecule has 0 radical (unpaired) electrons. The van der Waals surface area contributed by atoms with Gasteiger partial charge < -0.3 is 16.0 Å². The average Bonchev–Trinajstić information content (AvgIpc) is 2.89. The first-order valence-electron chi connectivity index (χ1n) is 6.12. The molecule has 1 saturated heterocycles. The lowest BCUT2D eigenvalue weighted by Crippen LogP contribution is -2.45. The molecule has 1 atom stereocenters. The van der Waals surface area contributed by atoms with E-state index in [0.29, 0.717) is 24.2 Å². The Hall–Kier alpha value is -1.56. The number of nitrogen functional groups attached to an aromatic ring is 1. The molecule has 1 heterocycles. The Balaban J connectivity index is 2.28. The SMILES string of the molecule is CNC(=O)C1CCCN1C(=O)c1cc(Br)ccc1N. The number of likely N-dealkylation sites (tertiary alicyclic amines) is 1. The van der Waals surface area contributed by atoms with E-state index in [0.717, 1.165) is 10.9 Å². The number of anilines is 1. The van der Waals surface area contributed by atoms with E-state index in [1.54, 1.807) is 30.1 Å². The largest absolute Gasteiger partial charge is 0.398 e. The molecule has 2 rings (SSSR count). The van der Waals surface area contributed by atoms with Gasteiger partial charge in [-0.3, -0.25) is 9.59 Å². The van der Waals surface area contributed by atoms with E-state index in [4.69, 9.17) is 5.73 Å². The van der Waals surface area contributed by atoms with Gasteiger partial charge in [0.25, 0.3) is 5.91 Å². The van der Waals surface area contributed by atoms with Crippen LogP contribution >= 0.6 is 15.9 Å². The van der Waals surface area contributed by atoms with E-state index < -0.39 is 6.04 Å². The van der Waals surface area contributed by atoms with Crippen LogP contribution in [0, 0.1) is 0 Å². The summed E-state index contributed by atoms with van der Waals surface area (Å²) >= 11 is 3.33. The molecule has 2 amide bonds. The second kappa shape index (κ2) is 5.61. The number of nitrogens with two attached hydrogens (primary N) is 1. The second-order valence-corrected chi connectivity index (χ2v) is 5.42. The summed E-state index contributed by atoms with van der Waals surface area (Å²) in [5.41, 5.74) is 6.71. The van der Waals surface area contributed by atoms with E-state index in [1.165, 1.54) is 0 Å². The van der Waals surface area contributed by atoms with Gasteiger partial charge in [-0.05, 0) is 31.0 Å². The van der Waals surface area contributed by atoms with Gasteiger partial charge in [-0.15, -0.1) is 0 Å². The highest BCUT2D eigenvalue weighted by molar-refractivity contribution is 9.10. The molecule has 3 N–H and O–H groups in total. The maximum Gasteiger partial charge on any atom is 0.256 e. The number of halogens is 1. The van der Waals surface area contributed by atoms with E-state index in [1.807, 2.05) is 0 Å². The summed E-state index contributed by atoms with van der Waals surface area (Å²) in [4.78, 5) is 25.9. The first-order valence-corrected chi connectivity index (χ1v) is 6.91. The van der Waals surface area contributed by atoms with Crippen molar-refractivity contribution in [2.24, 2.45) is 0 Å². The summed E-state index contributed by atoms with van der Waals surface area (Å²) in [6.45, 7) is 0.586. The highest BCUT2D eigenvalue weighted by Gasteiger charge is 2.34. The standard InChI is InChI=1S/C13H16BrN3O2/c1-16-12(18)11-3-2-6-17(11)13(19)9-7-8(14)4-5-10(9)15/h4-5,7,11H,2-3,6,15H2,1H3,(H,16,18). The number of nitrogens with one attached hydrogen (secondary N) is 1. The monoisotopic (exact) mass is 325 g/mol. The van der Waals surface area contributed by atoms with Gasteiger partial charge in [0.05, 0.1) is 5.56 Å². The topological polar surface area (TPSA) is 75.4 Å². The third kappa shape index (κ3) is 2.73. The summed E-state index contributed by atoms with van der Waals surface area (Å²) in [5.74, 6) is -0.315. The third-order valence-electron chi connectivity index (χ3n) is 3.31. The Morgan fingerprint density at radius 3 is 2.89 bits per heavy atom. The van der Waals surface area contributed by atoms with Crippen molar-refractivity contribution in [3.63, 3.8) is 0 Å². The van der Waals surface area contributed by atoms with Crippen LogP contribution in [0.15, 0.2) is 22.7 Å². The van der Waals surface area contributed by atoms with E-state index in [2.05, 4.69) is 21.2 Å². The van der Waals surface area contributed by atoms with Crippen LogP contribution in [0.2, 0.25) is 0 Å². The number of carbonyl (C=O) groups is 2. The number of rotatable bonds is 2.